The summed E-state index contributed by atoms with van der Waals surface area (Å²) in [6.07, 6.45) is 1.71. The molecule has 5 nitrogen and oxygen atoms in total. The molecule has 0 heterocycles. The topological polar surface area (TPSA) is 64.6 Å². The summed E-state index contributed by atoms with van der Waals surface area (Å²) in [7, 11) is 0. The molecule has 2 aromatic carbocycles. The zero-order chi connectivity index (χ0) is 20.5. The van der Waals surface area contributed by atoms with Crippen molar-refractivity contribution in [3.63, 3.8) is 0 Å². The molecule has 0 saturated carbocycles. The number of carbonyl (C=O) groups is 2. The normalized spacial score (nSPS) is 10.4. The molecule has 0 aliphatic rings. The van der Waals surface area contributed by atoms with Crippen molar-refractivity contribution < 1.29 is 19.1 Å². The second-order valence-corrected chi connectivity index (χ2v) is 6.96. The molecule has 1 N–H and O–H groups in total. The second kappa shape index (κ2) is 10.7. The maximum Gasteiger partial charge on any atom is 0.338 e. The predicted molar refractivity (Wildman–Crippen MR) is 111 cm³/mol. The maximum absolute atomic E-state index is 12.1. The second-order valence-electron chi connectivity index (χ2n) is 6.58. The highest BCUT2D eigenvalue weighted by Gasteiger charge is 2.08. The van der Waals surface area contributed by atoms with Gasteiger partial charge in [0.2, 0.25) is 5.91 Å². The maximum atomic E-state index is 12.1. The van der Waals surface area contributed by atoms with Crippen LogP contribution >= 0.6 is 11.6 Å². The SMILES string of the molecule is CCCOC(=O)c1ccc(NC(=O)CCCOc2cc(C)c(Cl)c(C)c2)cc1. The Morgan fingerprint density at radius 1 is 1.04 bits per heavy atom. The predicted octanol–water partition coefficient (Wildman–Crippen LogP) is 5.32. The van der Waals surface area contributed by atoms with Crippen LogP contribution in [0.5, 0.6) is 5.75 Å². The van der Waals surface area contributed by atoms with Crippen molar-refractivity contribution in [1.82, 2.24) is 0 Å². The standard InChI is InChI=1S/C22H26ClNO4/c1-4-11-28-22(26)17-7-9-18(10-8-17)24-20(25)6-5-12-27-19-13-15(2)21(23)16(3)14-19/h7-10,13-14H,4-6,11-12H2,1-3H3,(H,24,25). The van der Waals surface area contributed by atoms with Crippen molar-refractivity contribution in [3.05, 3.63) is 58.1 Å². The Bertz CT molecular complexity index is 795. The van der Waals surface area contributed by atoms with Crippen molar-refractivity contribution in [3.8, 4) is 5.75 Å². The largest absolute Gasteiger partial charge is 0.494 e. The van der Waals surface area contributed by atoms with E-state index >= 15 is 0 Å². The van der Waals surface area contributed by atoms with E-state index in [0.29, 0.717) is 37.3 Å². The third-order valence-electron chi connectivity index (χ3n) is 4.07. The lowest BCUT2D eigenvalue weighted by atomic mass is 10.1. The lowest BCUT2D eigenvalue weighted by molar-refractivity contribution is -0.116. The molecule has 1 amide bonds. The van der Waals surface area contributed by atoms with Crippen molar-refractivity contribution in [2.75, 3.05) is 18.5 Å². The van der Waals surface area contributed by atoms with Crippen LogP contribution in [0.4, 0.5) is 5.69 Å². The van der Waals surface area contributed by atoms with E-state index in [9.17, 15) is 9.59 Å². The summed E-state index contributed by atoms with van der Waals surface area (Å²) >= 11 is 6.14. The summed E-state index contributed by atoms with van der Waals surface area (Å²) < 4.78 is 10.8. The summed E-state index contributed by atoms with van der Waals surface area (Å²) in [4.78, 5) is 23.8. The highest BCUT2D eigenvalue weighted by atomic mass is 35.5. The molecule has 0 spiro atoms. The first kappa shape index (κ1) is 21.8. The summed E-state index contributed by atoms with van der Waals surface area (Å²) in [5.74, 6) is 0.295. The van der Waals surface area contributed by atoms with Gasteiger partial charge >= 0.3 is 5.97 Å². The molecule has 0 atom stereocenters. The fourth-order valence-corrected chi connectivity index (χ4v) is 2.71. The smallest absolute Gasteiger partial charge is 0.338 e. The Hall–Kier alpha value is -2.53. The molecule has 0 aliphatic carbocycles. The molecule has 150 valence electrons. The van der Waals surface area contributed by atoms with E-state index in [1.54, 1.807) is 24.3 Å². The number of hydrogen-bond donors (Lipinski definition) is 1. The van der Waals surface area contributed by atoms with Gasteiger partial charge in [0.1, 0.15) is 5.75 Å². The van der Waals surface area contributed by atoms with Crippen LogP contribution in [0.1, 0.15) is 47.7 Å². The number of ether oxygens (including phenoxy) is 2. The number of carbonyl (C=O) groups excluding carboxylic acids is 2. The number of esters is 1. The van der Waals surface area contributed by atoms with E-state index in [1.807, 2.05) is 32.9 Å². The van der Waals surface area contributed by atoms with Crippen LogP contribution in [0, 0.1) is 13.8 Å². The van der Waals surface area contributed by atoms with Gasteiger partial charge < -0.3 is 14.8 Å². The van der Waals surface area contributed by atoms with Gasteiger partial charge in [0.25, 0.3) is 0 Å². The Kier molecular flexibility index (Phi) is 8.33. The van der Waals surface area contributed by atoms with Gasteiger partial charge in [-0.15, -0.1) is 0 Å². The fourth-order valence-electron chi connectivity index (χ4n) is 2.60. The van der Waals surface area contributed by atoms with Crippen molar-refractivity contribution in [1.29, 1.82) is 0 Å². The molecule has 2 aromatic rings. The van der Waals surface area contributed by atoms with E-state index < -0.39 is 0 Å². The number of hydrogen-bond acceptors (Lipinski definition) is 4. The highest BCUT2D eigenvalue weighted by Crippen LogP contribution is 2.26. The molecular weight excluding hydrogens is 378 g/mol. The third-order valence-corrected chi connectivity index (χ3v) is 4.66. The van der Waals surface area contributed by atoms with Crippen molar-refractivity contribution in [2.45, 2.75) is 40.0 Å². The first-order chi connectivity index (χ1) is 13.4. The molecule has 2 rings (SSSR count). The minimum absolute atomic E-state index is 0.103. The van der Waals surface area contributed by atoms with Crippen molar-refractivity contribution in [2.24, 2.45) is 0 Å². The van der Waals surface area contributed by atoms with Gasteiger partial charge in [-0.1, -0.05) is 18.5 Å². The Morgan fingerprint density at radius 3 is 2.29 bits per heavy atom. The average molecular weight is 404 g/mol. The summed E-state index contributed by atoms with van der Waals surface area (Å²) in [5, 5.41) is 3.56. The van der Waals surface area contributed by atoms with E-state index in [2.05, 4.69) is 5.32 Å². The summed E-state index contributed by atoms with van der Waals surface area (Å²) in [5.41, 5.74) is 3.04. The van der Waals surface area contributed by atoms with Gasteiger partial charge in [-0.25, -0.2) is 4.79 Å². The lowest BCUT2D eigenvalue weighted by Gasteiger charge is -2.10. The Labute approximate surface area is 171 Å². The highest BCUT2D eigenvalue weighted by molar-refractivity contribution is 6.32. The number of aryl methyl sites for hydroxylation is 2. The van der Waals surface area contributed by atoms with Crippen LogP contribution in [-0.4, -0.2) is 25.1 Å². The molecular formula is C22H26ClNO4. The molecule has 0 unspecified atom stereocenters. The number of halogens is 1. The fraction of sp³-hybridized carbons (Fsp3) is 0.364. The van der Waals surface area contributed by atoms with Gasteiger partial charge in [-0.05, 0) is 74.2 Å². The van der Waals surface area contributed by atoms with E-state index in [0.717, 1.165) is 28.3 Å². The zero-order valence-corrected chi connectivity index (χ0v) is 17.3. The van der Waals surface area contributed by atoms with Crippen LogP contribution in [0.25, 0.3) is 0 Å². The number of benzene rings is 2. The van der Waals surface area contributed by atoms with E-state index in [-0.39, 0.29) is 11.9 Å². The average Bonchev–Trinajstić information content (AvgIpc) is 2.68. The molecule has 0 bridgehead atoms. The Morgan fingerprint density at radius 2 is 1.68 bits per heavy atom. The first-order valence-corrected chi connectivity index (χ1v) is 9.75. The number of anilines is 1. The number of nitrogens with one attached hydrogen (secondary N) is 1. The molecule has 0 aromatic heterocycles. The molecule has 0 fully saturated rings. The monoisotopic (exact) mass is 403 g/mol. The van der Waals surface area contributed by atoms with E-state index in [4.69, 9.17) is 21.1 Å². The quantitative estimate of drug-likeness (QED) is 0.454. The number of rotatable bonds is 9. The van der Waals surface area contributed by atoms with Gasteiger partial charge in [-0.3, -0.25) is 4.79 Å². The summed E-state index contributed by atoms with van der Waals surface area (Å²) in [6.45, 7) is 6.65. The van der Waals surface area contributed by atoms with Gasteiger partial charge in [0.15, 0.2) is 0 Å². The first-order valence-electron chi connectivity index (χ1n) is 9.37. The van der Waals surface area contributed by atoms with Crippen molar-refractivity contribution >= 4 is 29.2 Å². The Balaban J connectivity index is 1.74. The van der Waals surface area contributed by atoms with E-state index in [1.165, 1.54) is 0 Å². The van der Waals surface area contributed by atoms with Gasteiger partial charge in [-0.2, -0.15) is 0 Å². The third kappa shape index (κ3) is 6.57. The molecule has 6 heteroatoms. The number of amides is 1. The minimum atomic E-state index is -0.357. The molecule has 0 saturated heterocycles. The van der Waals surface area contributed by atoms with Crippen LogP contribution in [0.2, 0.25) is 5.02 Å². The van der Waals surface area contributed by atoms with Crippen LogP contribution < -0.4 is 10.1 Å². The van der Waals surface area contributed by atoms with Crippen LogP contribution in [0.3, 0.4) is 0 Å². The van der Waals surface area contributed by atoms with Gasteiger partial charge in [0.05, 0.1) is 18.8 Å². The van der Waals surface area contributed by atoms with Crippen LogP contribution in [-0.2, 0) is 9.53 Å². The molecule has 0 radical (unpaired) electrons. The zero-order valence-electron chi connectivity index (χ0n) is 16.5. The molecule has 28 heavy (non-hydrogen) atoms. The lowest BCUT2D eigenvalue weighted by Crippen LogP contribution is -2.13. The summed E-state index contributed by atoms with van der Waals surface area (Å²) in [6, 6.07) is 10.4. The van der Waals surface area contributed by atoms with Gasteiger partial charge in [0, 0.05) is 17.1 Å². The molecule has 0 aliphatic heterocycles. The minimum Gasteiger partial charge on any atom is -0.494 e. The van der Waals surface area contributed by atoms with Crippen LogP contribution in [0.15, 0.2) is 36.4 Å².